The van der Waals surface area contributed by atoms with Crippen LogP contribution >= 0.6 is 11.3 Å². The summed E-state index contributed by atoms with van der Waals surface area (Å²) in [4.78, 5) is 16.5. The molecule has 72 valence electrons. The summed E-state index contributed by atoms with van der Waals surface area (Å²) in [7, 11) is 1.64. The molecule has 0 aliphatic carbocycles. The predicted octanol–water partition coefficient (Wildman–Crippen LogP) is 1.81. The van der Waals surface area contributed by atoms with E-state index in [2.05, 4.69) is 4.98 Å². The van der Waals surface area contributed by atoms with Crippen LogP contribution < -0.4 is 10.6 Å². The van der Waals surface area contributed by atoms with E-state index in [1.165, 1.54) is 4.90 Å². The minimum Gasteiger partial charge on any atom is -0.351 e. The number of nitrogens with zero attached hydrogens (tertiary/aromatic N) is 2. The first-order chi connectivity index (χ1) is 6.68. The molecule has 4 nitrogen and oxygen atoms in total. The molecule has 0 unspecified atom stereocenters. The van der Waals surface area contributed by atoms with Gasteiger partial charge in [0, 0.05) is 12.7 Å². The number of thiazole rings is 1. The number of primary amides is 1. The van der Waals surface area contributed by atoms with Crippen LogP contribution in [0.25, 0.3) is 10.2 Å². The van der Waals surface area contributed by atoms with Crippen molar-refractivity contribution < 1.29 is 4.79 Å². The summed E-state index contributed by atoms with van der Waals surface area (Å²) < 4.78 is 1.05. The third kappa shape index (κ3) is 1.42. The third-order valence-electron chi connectivity index (χ3n) is 2.03. The molecule has 0 spiro atoms. The van der Waals surface area contributed by atoms with Crippen LogP contribution in [0.3, 0.4) is 0 Å². The number of urea groups is 1. The minimum absolute atomic E-state index is 0.464. The first-order valence-corrected chi connectivity index (χ1v) is 4.93. The molecule has 2 aromatic rings. The van der Waals surface area contributed by atoms with Crippen molar-refractivity contribution in [2.75, 3.05) is 11.9 Å². The number of hydrogen-bond donors (Lipinski definition) is 1. The zero-order valence-electron chi connectivity index (χ0n) is 7.60. The van der Waals surface area contributed by atoms with Gasteiger partial charge in [0.1, 0.15) is 0 Å². The maximum Gasteiger partial charge on any atom is 0.318 e. The number of anilines is 1. The molecule has 1 aromatic carbocycles. The Morgan fingerprint density at radius 3 is 3.07 bits per heavy atom. The van der Waals surface area contributed by atoms with Crippen molar-refractivity contribution in [3.05, 3.63) is 23.7 Å². The molecule has 0 fully saturated rings. The zero-order chi connectivity index (χ0) is 10.1. The Labute approximate surface area is 85.0 Å². The fourth-order valence-electron chi connectivity index (χ4n) is 1.18. The number of rotatable bonds is 1. The van der Waals surface area contributed by atoms with Gasteiger partial charge in [-0.25, -0.2) is 9.78 Å². The smallest absolute Gasteiger partial charge is 0.318 e. The normalized spacial score (nSPS) is 10.4. The lowest BCUT2D eigenvalue weighted by molar-refractivity contribution is 0.255. The number of benzene rings is 1. The first-order valence-electron chi connectivity index (χ1n) is 4.05. The van der Waals surface area contributed by atoms with Gasteiger partial charge >= 0.3 is 6.03 Å². The van der Waals surface area contributed by atoms with Crippen LogP contribution in [0, 0.1) is 0 Å². The lowest BCUT2D eigenvalue weighted by Gasteiger charge is -2.13. The summed E-state index contributed by atoms with van der Waals surface area (Å²) in [6.45, 7) is 0. The summed E-state index contributed by atoms with van der Waals surface area (Å²) in [6, 6.07) is 5.14. The van der Waals surface area contributed by atoms with Gasteiger partial charge in [-0.3, -0.25) is 4.90 Å². The standard InChI is InChI=1S/C9H9N3OS/c1-12(9(10)13)6-2-3-7-8(4-6)14-5-11-7/h2-5H,1H3,(H2,10,13). The van der Waals surface area contributed by atoms with Gasteiger partial charge in [0.15, 0.2) is 0 Å². The molecule has 0 aliphatic heterocycles. The quantitative estimate of drug-likeness (QED) is 0.775. The number of nitrogens with two attached hydrogens (primary N) is 1. The zero-order valence-corrected chi connectivity index (χ0v) is 8.41. The largest absolute Gasteiger partial charge is 0.351 e. The Bertz CT molecular complexity index is 480. The van der Waals surface area contributed by atoms with Crippen molar-refractivity contribution in [2.45, 2.75) is 0 Å². The molecule has 14 heavy (non-hydrogen) atoms. The maximum atomic E-state index is 10.9. The molecule has 2 amide bonds. The van der Waals surface area contributed by atoms with E-state index in [0.29, 0.717) is 0 Å². The molecule has 1 heterocycles. The van der Waals surface area contributed by atoms with Gasteiger partial charge in [0.25, 0.3) is 0 Å². The second-order valence-electron chi connectivity index (χ2n) is 2.90. The maximum absolute atomic E-state index is 10.9. The molecule has 0 saturated heterocycles. The second-order valence-corrected chi connectivity index (χ2v) is 3.79. The van der Waals surface area contributed by atoms with Crippen LogP contribution in [0.4, 0.5) is 10.5 Å². The molecule has 2 rings (SSSR count). The molecule has 0 atom stereocenters. The fourth-order valence-corrected chi connectivity index (χ4v) is 1.89. The number of fused-ring (bicyclic) bond motifs is 1. The van der Waals surface area contributed by atoms with Crippen LogP contribution in [0.5, 0.6) is 0 Å². The molecular weight excluding hydrogens is 198 g/mol. The molecule has 2 N–H and O–H groups in total. The molecular formula is C9H9N3OS. The number of amides is 2. The highest BCUT2D eigenvalue weighted by Crippen LogP contribution is 2.23. The second kappa shape index (κ2) is 3.26. The van der Waals surface area contributed by atoms with Crippen molar-refractivity contribution in [3.63, 3.8) is 0 Å². The van der Waals surface area contributed by atoms with E-state index in [-0.39, 0.29) is 0 Å². The minimum atomic E-state index is -0.464. The Hall–Kier alpha value is -1.62. The number of carbonyl (C=O) groups excluding carboxylic acids is 1. The van der Waals surface area contributed by atoms with Crippen LogP contribution in [0.1, 0.15) is 0 Å². The van der Waals surface area contributed by atoms with Gasteiger partial charge < -0.3 is 5.73 Å². The van der Waals surface area contributed by atoms with Crippen molar-refractivity contribution in [1.29, 1.82) is 0 Å². The van der Waals surface area contributed by atoms with Crippen LogP contribution in [0.15, 0.2) is 23.7 Å². The van der Waals surface area contributed by atoms with Crippen molar-refractivity contribution >= 4 is 33.3 Å². The number of aromatic nitrogens is 1. The molecule has 0 radical (unpaired) electrons. The van der Waals surface area contributed by atoms with Crippen molar-refractivity contribution in [3.8, 4) is 0 Å². The molecule has 0 aliphatic rings. The highest BCUT2D eigenvalue weighted by atomic mass is 32.1. The van der Waals surface area contributed by atoms with E-state index < -0.39 is 6.03 Å². The Kier molecular flexibility index (Phi) is 2.09. The van der Waals surface area contributed by atoms with Gasteiger partial charge in [-0.15, -0.1) is 11.3 Å². The number of hydrogen-bond acceptors (Lipinski definition) is 3. The summed E-state index contributed by atoms with van der Waals surface area (Å²) >= 11 is 1.54. The predicted molar refractivity (Wildman–Crippen MR) is 57.6 cm³/mol. The van der Waals surface area contributed by atoms with Gasteiger partial charge in [-0.1, -0.05) is 0 Å². The van der Waals surface area contributed by atoms with Gasteiger partial charge in [-0.2, -0.15) is 0 Å². The highest BCUT2D eigenvalue weighted by molar-refractivity contribution is 7.16. The van der Waals surface area contributed by atoms with Gasteiger partial charge in [0.2, 0.25) is 0 Å². The average molecular weight is 207 g/mol. The van der Waals surface area contributed by atoms with Crippen molar-refractivity contribution in [1.82, 2.24) is 4.98 Å². The SMILES string of the molecule is CN(C(N)=O)c1ccc2ncsc2c1. The monoisotopic (exact) mass is 207 g/mol. The van der Waals surface area contributed by atoms with Crippen LogP contribution in [0.2, 0.25) is 0 Å². The third-order valence-corrected chi connectivity index (χ3v) is 2.82. The van der Waals surface area contributed by atoms with Gasteiger partial charge in [0.05, 0.1) is 15.7 Å². The molecule has 5 heteroatoms. The Balaban J connectivity index is 2.48. The highest BCUT2D eigenvalue weighted by Gasteiger charge is 2.07. The summed E-state index contributed by atoms with van der Waals surface area (Å²) in [6.07, 6.45) is 0. The van der Waals surface area contributed by atoms with Crippen LogP contribution in [-0.2, 0) is 0 Å². The summed E-state index contributed by atoms with van der Waals surface area (Å²) in [5, 5.41) is 0. The van der Waals surface area contributed by atoms with E-state index in [9.17, 15) is 4.79 Å². The topological polar surface area (TPSA) is 59.2 Å². The van der Waals surface area contributed by atoms with Gasteiger partial charge in [-0.05, 0) is 18.2 Å². The molecule has 0 bridgehead atoms. The molecule has 1 aromatic heterocycles. The number of carbonyl (C=O) groups is 1. The first kappa shape index (κ1) is 8.96. The van der Waals surface area contributed by atoms with E-state index in [0.717, 1.165) is 15.9 Å². The lowest BCUT2D eigenvalue weighted by Crippen LogP contribution is -2.31. The van der Waals surface area contributed by atoms with E-state index >= 15 is 0 Å². The summed E-state index contributed by atoms with van der Waals surface area (Å²) in [5.74, 6) is 0. The van der Waals surface area contributed by atoms with Crippen molar-refractivity contribution in [2.24, 2.45) is 5.73 Å². The van der Waals surface area contributed by atoms with E-state index in [1.54, 1.807) is 23.9 Å². The lowest BCUT2D eigenvalue weighted by atomic mass is 10.3. The van der Waals surface area contributed by atoms with E-state index in [4.69, 9.17) is 5.73 Å². The Morgan fingerprint density at radius 2 is 2.36 bits per heavy atom. The average Bonchev–Trinajstić information content (AvgIpc) is 2.62. The Morgan fingerprint density at radius 1 is 1.57 bits per heavy atom. The molecule has 0 saturated carbocycles. The fraction of sp³-hybridized carbons (Fsp3) is 0.111. The van der Waals surface area contributed by atoms with Crippen LogP contribution in [-0.4, -0.2) is 18.1 Å². The van der Waals surface area contributed by atoms with E-state index in [1.807, 2.05) is 18.2 Å². The summed E-state index contributed by atoms with van der Waals surface area (Å²) in [5.41, 5.74) is 8.67.